The highest BCUT2D eigenvalue weighted by atomic mass is 16.5. The molecule has 1 aromatic rings. The van der Waals surface area contributed by atoms with Crippen LogP contribution in [0.3, 0.4) is 0 Å². The first kappa shape index (κ1) is 15.8. The molecule has 0 radical (unpaired) electrons. The van der Waals surface area contributed by atoms with Crippen LogP contribution in [0.15, 0.2) is 30.4 Å². The number of fused-ring (bicyclic) bond motifs is 1. The van der Waals surface area contributed by atoms with Gasteiger partial charge in [-0.15, -0.1) is 0 Å². The Morgan fingerprint density at radius 1 is 1.29 bits per heavy atom. The second kappa shape index (κ2) is 7.99. The molecule has 3 heteroatoms. The summed E-state index contributed by atoms with van der Waals surface area (Å²) < 4.78 is 5.36. The van der Waals surface area contributed by atoms with Crippen molar-refractivity contribution in [1.82, 2.24) is 5.32 Å². The Hall–Kier alpha value is -1.61. The number of hydrogen-bond donors (Lipinski definition) is 1. The number of hydrogen-bond acceptors (Lipinski definition) is 2. The zero-order chi connectivity index (χ0) is 15.1. The Bertz CT molecular complexity index is 508. The molecule has 1 aliphatic rings. The summed E-state index contributed by atoms with van der Waals surface area (Å²) in [6.45, 7) is 7.33. The summed E-state index contributed by atoms with van der Waals surface area (Å²) >= 11 is 0. The van der Waals surface area contributed by atoms with Crippen LogP contribution in [0.25, 0.3) is 0 Å². The Morgan fingerprint density at radius 3 is 2.81 bits per heavy atom. The number of aryl methyl sites for hydroxylation is 2. The first-order valence-electron chi connectivity index (χ1n) is 7.74. The van der Waals surface area contributed by atoms with E-state index in [1.165, 1.54) is 30.4 Å². The first-order valence-corrected chi connectivity index (χ1v) is 7.74. The molecule has 0 aromatic heterocycles. The van der Waals surface area contributed by atoms with Crippen molar-refractivity contribution < 1.29 is 9.53 Å². The minimum absolute atomic E-state index is 0.0599. The summed E-state index contributed by atoms with van der Waals surface area (Å²) in [5, 5.41) is 2.89. The standard InChI is InChI=1S/C18H25NO2/c1-14(2)13-21-10-9-19-18(20)12-15-7-8-16-5-3-4-6-17(16)11-15/h7-8,11H,1,3-6,9-10,12-13H2,2H3,(H,19,20). The third-order valence-electron chi connectivity index (χ3n) is 3.69. The molecule has 0 saturated heterocycles. The molecule has 0 fully saturated rings. The molecule has 2 rings (SSSR count). The van der Waals surface area contributed by atoms with E-state index in [0.29, 0.717) is 26.2 Å². The number of benzene rings is 1. The van der Waals surface area contributed by atoms with E-state index in [1.54, 1.807) is 0 Å². The summed E-state index contributed by atoms with van der Waals surface area (Å²) in [7, 11) is 0. The summed E-state index contributed by atoms with van der Waals surface area (Å²) in [6.07, 6.45) is 5.34. The first-order chi connectivity index (χ1) is 10.1. The van der Waals surface area contributed by atoms with E-state index in [0.717, 1.165) is 17.6 Å². The van der Waals surface area contributed by atoms with E-state index in [1.807, 2.05) is 6.92 Å². The zero-order valence-corrected chi connectivity index (χ0v) is 12.9. The van der Waals surface area contributed by atoms with Gasteiger partial charge in [-0.25, -0.2) is 0 Å². The van der Waals surface area contributed by atoms with Crippen LogP contribution in [0.1, 0.15) is 36.5 Å². The molecule has 1 aromatic carbocycles. The van der Waals surface area contributed by atoms with Gasteiger partial charge in [-0.2, -0.15) is 0 Å². The Morgan fingerprint density at radius 2 is 2.05 bits per heavy atom. The highest BCUT2D eigenvalue weighted by Gasteiger charge is 2.10. The van der Waals surface area contributed by atoms with Crippen molar-refractivity contribution in [3.8, 4) is 0 Å². The SMILES string of the molecule is C=C(C)COCCNC(=O)Cc1ccc2c(c1)CCCC2. The van der Waals surface area contributed by atoms with Gasteiger partial charge >= 0.3 is 0 Å². The van der Waals surface area contributed by atoms with Crippen LogP contribution in [-0.2, 0) is 28.8 Å². The number of carbonyl (C=O) groups is 1. The van der Waals surface area contributed by atoms with Crippen molar-refractivity contribution in [3.63, 3.8) is 0 Å². The minimum Gasteiger partial charge on any atom is -0.375 e. The van der Waals surface area contributed by atoms with Gasteiger partial charge in [0.1, 0.15) is 0 Å². The topological polar surface area (TPSA) is 38.3 Å². The van der Waals surface area contributed by atoms with Crippen LogP contribution in [-0.4, -0.2) is 25.7 Å². The van der Waals surface area contributed by atoms with Crippen LogP contribution in [0.2, 0.25) is 0 Å². The average Bonchev–Trinajstić information content (AvgIpc) is 2.46. The number of rotatable bonds is 7. The molecule has 114 valence electrons. The van der Waals surface area contributed by atoms with Gasteiger partial charge in [-0.05, 0) is 49.3 Å². The fourth-order valence-corrected chi connectivity index (χ4v) is 2.65. The van der Waals surface area contributed by atoms with Crippen molar-refractivity contribution in [2.24, 2.45) is 0 Å². The third kappa shape index (κ3) is 5.35. The van der Waals surface area contributed by atoms with Gasteiger partial charge in [-0.3, -0.25) is 4.79 Å². The van der Waals surface area contributed by atoms with Crippen molar-refractivity contribution in [2.75, 3.05) is 19.8 Å². The maximum absolute atomic E-state index is 11.9. The monoisotopic (exact) mass is 287 g/mol. The van der Waals surface area contributed by atoms with Gasteiger partial charge in [0, 0.05) is 6.54 Å². The molecule has 0 saturated carbocycles. The molecule has 3 nitrogen and oxygen atoms in total. The summed E-state index contributed by atoms with van der Waals surface area (Å²) in [5.74, 6) is 0.0599. The Labute approximate surface area is 127 Å². The predicted molar refractivity (Wildman–Crippen MR) is 85.4 cm³/mol. The maximum Gasteiger partial charge on any atom is 0.224 e. The van der Waals surface area contributed by atoms with E-state index in [2.05, 4.69) is 30.1 Å². The van der Waals surface area contributed by atoms with Gasteiger partial charge in [-0.1, -0.05) is 30.4 Å². The summed E-state index contributed by atoms with van der Waals surface area (Å²) in [6, 6.07) is 6.47. The van der Waals surface area contributed by atoms with E-state index < -0.39 is 0 Å². The number of nitrogens with one attached hydrogen (secondary N) is 1. The summed E-state index contributed by atoms with van der Waals surface area (Å²) in [4.78, 5) is 11.9. The molecule has 1 N–H and O–H groups in total. The van der Waals surface area contributed by atoms with Gasteiger partial charge < -0.3 is 10.1 Å². The number of amides is 1. The lowest BCUT2D eigenvalue weighted by Gasteiger charge is -2.16. The molecule has 0 heterocycles. The van der Waals surface area contributed by atoms with E-state index in [9.17, 15) is 4.79 Å². The fourth-order valence-electron chi connectivity index (χ4n) is 2.65. The molecule has 0 atom stereocenters. The molecular formula is C18H25NO2. The van der Waals surface area contributed by atoms with Crippen LogP contribution in [0, 0.1) is 0 Å². The lowest BCUT2D eigenvalue weighted by atomic mass is 9.90. The van der Waals surface area contributed by atoms with Crippen molar-refractivity contribution in [2.45, 2.75) is 39.0 Å². The number of carbonyl (C=O) groups excluding carboxylic acids is 1. The predicted octanol–water partition coefficient (Wildman–Crippen LogP) is 2.82. The molecule has 0 spiro atoms. The Balaban J connectivity index is 1.73. The minimum atomic E-state index is 0.0599. The van der Waals surface area contributed by atoms with E-state index in [-0.39, 0.29) is 5.91 Å². The molecule has 1 aliphatic carbocycles. The second-order valence-electron chi connectivity index (χ2n) is 5.85. The largest absolute Gasteiger partial charge is 0.375 e. The van der Waals surface area contributed by atoms with Crippen LogP contribution >= 0.6 is 0 Å². The lowest BCUT2D eigenvalue weighted by molar-refractivity contribution is -0.120. The third-order valence-corrected chi connectivity index (χ3v) is 3.69. The molecule has 0 aliphatic heterocycles. The molecule has 0 unspecified atom stereocenters. The summed E-state index contributed by atoms with van der Waals surface area (Å²) in [5.41, 5.74) is 4.99. The van der Waals surface area contributed by atoms with Gasteiger partial charge in [0.05, 0.1) is 19.6 Å². The molecule has 0 bridgehead atoms. The quantitative estimate of drug-likeness (QED) is 0.618. The van der Waals surface area contributed by atoms with Crippen molar-refractivity contribution in [3.05, 3.63) is 47.0 Å². The smallest absolute Gasteiger partial charge is 0.224 e. The Kier molecular flexibility index (Phi) is 6.00. The second-order valence-corrected chi connectivity index (χ2v) is 5.85. The lowest BCUT2D eigenvalue weighted by Crippen LogP contribution is -2.28. The molecule has 1 amide bonds. The van der Waals surface area contributed by atoms with Gasteiger partial charge in [0.25, 0.3) is 0 Å². The van der Waals surface area contributed by atoms with Crippen LogP contribution < -0.4 is 5.32 Å². The fraction of sp³-hybridized carbons (Fsp3) is 0.500. The van der Waals surface area contributed by atoms with Crippen molar-refractivity contribution in [1.29, 1.82) is 0 Å². The normalized spacial score (nSPS) is 13.6. The molecule has 21 heavy (non-hydrogen) atoms. The van der Waals surface area contributed by atoms with Crippen molar-refractivity contribution >= 4 is 5.91 Å². The van der Waals surface area contributed by atoms with E-state index >= 15 is 0 Å². The highest BCUT2D eigenvalue weighted by molar-refractivity contribution is 5.78. The van der Waals surface area contributed by atoms with Gasteiger partial charge in [0.15, 0.2) is 0 Å². The zero-order valence-electron chi connectivity index (χ0n) is 12.9. The molecular weight excluding hydrogens is 262 g/mol. The van der Waals surface area contributed by atoms with Crippen LogP contribution in [0.5, 0.6) is 0 Å². The van der Waals surface area contributed by atoms with Gasteiger partial charge in [0.2, 0.25) is 5.91 Å². The van der Waals surface area contributed by atoms with Crippen LogP contribution in [0.4, 0.5) is 0 Å². The number of ether oxygens (including phenoxy) is 1. The highest BCUT2D eigenvalue weighted by Crippen LogP contribution is 2.22. The maximum atomic E-state index is 11.9. The van der Waals surface area contributed by atoms with E-state index in [4.69, 9.17) is 4.74 Å². The average molecular weight is 287 g/mol.